The highest BCUT2D eigenvalue weighted by Gasteiger charge is 2.59. The number of amides is 1. The van der Waals surface area contributed by atoms with Gasteiger partial charge in [0.05, 0.1) is 6.04 Å². The number of hydrogen-bond donors (Lipinski definition) is 1. The second-order valence-corrected chi connectivity index (χ2v) is 10.5. The Bertz CT molecular complexity index is 843. The van der Waals surface area contributed by atoms with E-state index in [9.17, 15) is 9.59 Å². The van der Waals surface area contributed by atoms with E-state index in [1.54, 1.807) is 40.8 Å². The van der Waals surface area contributed by atoms with Crippen molar-refractivity contribution < 1.29 is 23.8 Å². The average Bonchev–Trinajstić information content (AvgIpc) is 3.15. The normalized spacial score (nSPS) is 23.4. The van der Waals surface area contributed by atoms with E-state index < -0.39 is 35.1 Å². The van der Waals surface area contributed by atoms with Gasteiger partial charge in [0.25, 0.3) is 0 Å². The molecule has 0 bridgehead atoms. The summed E-state index contributed by atoms with van der Waals surface area (Å²) in [6, 6.07) is 1.41. The fraction of sp³-hybridized carbons (Fsp3) is 0.708. The molecular weight excluding hydrogens is 396 g/mol. The van der Waals surface area contributed by atoms with Crippen LogP contribution in [-0.4, -0.2) is 40.1 Å². The van der Waals surface area contributed by atoms with Gasteiger partial charge in [0, 0.05) is 32.2 Å². The standard InChI is InChI=1S/C24H36N2O5/c1-15(2)13-19(26-21(28)30-22(3,4)5)24(20(27)29-23(6,7)31-24)14-18-17-10-8-9-16(17)11-12-25-18/h11-12,15,19H,8-10,13-14H2,1-7H3,(H,26,28)/t19-,24+/m0/s1. The molecule has 0 saturated carbocycles. The topological polar surface area (TPSA) is 86.8 Å². The molecule has 7 heteroatoms. The Morgan fingerprint density at radius 1 is 1.29 bits per heavy atom. The van der Waals surface area contributed by atoms with Gasteiger partial charge in [0.1, 0.15) is 5.60 Å². The number of pyridine rings is 1. The number of esters is 1. The molecule has 3 rings (SSSR count). The first-order valence-corrected chi connectivity index (χ1v) is 11.2. The second kappa shape index (κ2) is 8.41. The number of carbonyl (C=O) groups excluding carboxylic acids is 2. The van der Waals surface area contributed by atoms with Crippen molar-refractivity contribution in [3.63, 3.8) is 0 Å². The molecule has 0 radical (unpaired) electrons. The van der Waals surface area contributed by atoms with Crippen LogP contribution in [0.5, 0.6) is 0 Å². The quantitative estimate of drug-likeness (QED) is 0.681. The summed E-state index contributed by atoms with van der Waals surface area (Å²) in [5.41, 5.74) is 1.26. The van der Waals surface area contributed by atoms with Crippen LogP contribution in [0, 0.1) is 5.92 Å². The SMILES string of the molecule is CC(C)C[C@H](NC(=O)OC(C)(C)C)[C@@]1(Cc2nccc3c2CCC3)OC(C)(C)OC1=O. The van der Waals surface area contributed by atoms with Crippen molar-refractivity contribution in [1.29, 1.82) is 0 Å². The Morgan fingerprint density at radius 2 is 2.00 bits per heavy atom. The third-order valence-corrected chi connectivity index (χ3v) is 5.62. The molecule has 1 aliphatic heterocycles. The number of cyclic esters (lactones) is 1. The van der Waals surface area contributed by atoms with Gasteiger partial charge < -0.3 is 19.5 Å². The van der Waals surface area contributed by atoms with Gasteiger partial charge in [-0.15, -0.1) is 0 Å². The highest BCUT2D eigenvalue weighted by atomic mass is 16.8. The highest BCUT2D eigenvalue weighted by Crippen LogP contribution is 2.40. The molecule has 2 atom stereocenters. The van der Waals surface area contributed by atoms with Crippen molar-refractivity contribution in [3.05, 3.63) is 29.1 Å². The van der Waals surface area contributed by atoms with Crippen LogP contribution in [0.15, 0.2) is 12.3 Å². The van der Waals surface area contributed by atoms with Gasteiger partial charge in [-0.25, -0.2) is 9.59 Å². The molecule has 2 aliphatic rings. The lowest BCUT2D eigenvalue weighted by Crippen LogP contribution is -2.59. The van der Waals surface area contributed by atoms with E-state index in [1.165, 1.54) is 11.1 Å². The Balaban J connectivity index is 2.00. The van der Waals surface area contributed by atoms with Gasteiger partial charge in [-0.1, -0.05) is 13.8 Å². The van der Waals surface area contributed by atoms with E-state index in [2.05, 4.69) is 10.3 Å². The fourth-order valence-electron chi connectivity index (χ4n) is 4.52. The maximum Gasteiger partial charge on any atom is 0.407 e. The number of aromatic nitrogens is 1. The summed E-state index contributed by atoms with van der Waals surface area (Å²) >= 11 is 0. The zero-order valence-electron chi connectivity index (χ0n) is 19.8. The van der Waals surface area contributed by atoms with Crippen LogP contribution < -0.4 is 5.32 Å². The van der Waals surface area contributed by atoms with Gasteiger partial charge in [-0.2, -0.15) is 0 Å². The van der Waals surface area contributed by atoms with E-state index in [-0.39, 0.29) is 12.3 Å². The minimum Gasteiger partial charge on any atom is -0.444 e. The van der Waals surface area contributed by atoms with E-state index in [1.807, 2.05) is 19.9 Å². The molecule has 1 fully saturated rings. The first-order chi connectivity index (χ1) is 14.3. The molecule has 1 aromatic heterocycles. The number of carbonyl (C=O) groups is 2. The van der Waals surface area contributed by atoms with Crippen LogP contribution in [-0.2, 0) is 38.3 Å². The summed E-state index contributed by atoms with van der Waals surface area (Å²) in [4.78, 5) is 30.6. The van der Waals surface area contributed by atoms with E-state index in [0.29, 0.717) is 6.42 Å². The molecule has 31 heavy (non-hydrogen) atoms. The Kier molecular flexibility index (Phi) is 6.38. The lowest BCUT2D eigenvalue weighted by atomic mass is 9.83. The fourth-order valence-corrected chi connectivity index (χ4v) is 4.52. The van der Waals surface area contributed by atoms with Crippen molar-refractivity contribution in [3.8, 4) is 0 Å². The van der Waals surface area contributed by atoms with E-state index in [4.69, 9.17) is 14.2 Å². The van der Waals surface area contributed by atoms with Crippen LogP contribution in [0.1, 0.15) is 78.1 Å². The third-order valence-electron chi connectivity index (χ3n) is 5.62. The average molecular weight is 433 g/mol. The Hall–Kier alpha value is -2.15. The lowest BCUT2D eigenvalue weighted by molar-refractivity contribution is -0.170. The van der Waals surface area contributed by atoms with Crippen LogP contribution in [0.2, 0.25) is 0 Å². The minimum absolute atomic E-state index is 0.200. The maximum absolute atomic E-state index is 13.3. The zero-order valence-corrected chi connectivity index (χ0v) is 19.8. The summed E-state index contributed by atoms with van der Waals surface area (Å²) in [6.07, 6.45) is 5.00. The molecule has 1 aromatic rings. The van der Waals surface area contributed by atoms with Crippen LogP contribution in [0.3, 0.4) is 0 Å². The molecule has 0 unspecified atom stereocenters. The summed E-state index contributed by atoms with van der Waals surface area (Å²) in [7, 11) is 0. The highest BCUT2D eigenvalue weighted by molar-refractivity contribution is 5.84. The molecule has 0 spiro atoms. The predicted molar refractivity (Wildman–Crippen MR) is 117 cm³/mol. The number of hydrogen-bond acceptors (Lipinski definition) is 6. The molecule has 172 valence electrons. The number of nitrogens with zero attached hydrogens (tertiary/aromatic N) is 1. The summed E-state index contributed by atoms with van der Waals surface area (Å²) in [5.74, 6) is -1.37. The Labute approximate surface area is 185 Å². The van der Waals surface area contributed by atoms with Crippen molar-refractivity contribution >= 4 is 12.1 Å². The molecule has 7 nitrogen and oxygen atoms in total. The molecule has 2 heterocycles. The molecule has 0 aromatic carbocycles. The third kappa shape index (κ3) is 5.37. The summed E-state index contributed by atoms with van der Waals surface area (Å²) < 4.78 is 17.4. The van der Waals surface area contributed by atoms with Gasteiger partial charge in [-0.3, -0.25) is 4.98 Å². The first kappa shape index (κ1) is 23.5. The van der Waals surface area contributed by atoms with Crippen LogP contribution in [0.4, 0.5) is 4.79 Å². The van der Waals surface area contributed by atoms with Crippen molar-refractivity contribution in [1.82, 2.24) is 10.3 Å². The van der Waals surface area contributed by atoms with E-state index >= 15 is 0 Å². The van der Waals surface area contributed by atoms with Crippen molar-refractivity contribution in [2.45, 2.75) is 104 Å². The molecule has 1 amide bonds. The minimum atomic E-state index is -1.38. The smallest absolute Gasteiger partial charge is 0.407 e. The van der Waals surface area contributed by atoms with E-state index in [0.717, 1.165) is 25.0 Å². The molecule has 1 N–H and O–H groups in total. The van der Waals surface area contributed by atoms with Crippen molar-refractivity contribution in [2.24, 2.45) is 5.92 Å². The van der Waals surface area contributed by atoms with Gasteiger partial charge in [-0.05, 0) is 69.6 Å². The van der Waals surface area contributed by atoms with Crippen LogP contribution >= 0.6 is 0 Å². The van der Waals surface area contributed by atoms with Gasteiger partial charge in [0.15, 0.2) is 5.60 Å². The second-order valence-electron chi connectivity index (χ2n) is 10.5. The largest absolute Gasteiger partial charge is 0.444 e. The number of aryl methyl sites for hydroxylation is 1. The van der Waals surface area contributed by atoms with Gasteiger partial charge >= 0.3 is 12.1 Å². The number of ether oxygens (including phenoxy) is 3. The first-order valence-electron chi connectivity index (χ1n) is 11.2. The summed E-state index contributed by atoms with van der Waals surface area (Å²) in [5, 5.41) is 2.93. The van der Waals surface area contributed by atoms with Gasteiger partial charge in [0.2, 0.25) is 5.79 Å². The maximum atomic E-state index is 13.3. The lowest BCUT2D eigenvalue weighted by Gasteiger charge is -2.36. The molecular formula is C24H36N2O5. The number of alkyl carbamates (subject to hydrolysis) is 1. The predicted octanol–water partition coefficient (Wildman–Crippen LogP) is 4.10. The monoisotopic (exact) mass is 432 g/mol. The Morgan fingerprint density at radius 3 is 2.58 bits per heavy atom. The number of fused-ring (bicyclic) bond motifs is 1. The molecule has 1 aliphatic carbocycles. The summed E-state index contributed by atoms with van der Waals surface area (Å²) in [6.45, 7) is 12.9. The van der Waals surface area contributed by atoms with Crippen molar-refractivity contribution in [2.75, 3.05) is 0 Å². The zero-order chi connectivity index (χ0) is 23.0. The number of rotatable bonds is 6. The number of nitrogens with one attached hydrogen (secondary N) is 1. The van der Waals surface area contributed by atoms with Crippen LogP contribution in [0.25, 0.3) is 0 Å². The molecule has 1 saturated heterocycles.